The first-order chi connectivity index (χ1) is 16.6. The number of hydrogen-bond donors (Lipinski definition) is 3. The van der Waals surface area contributed by atoms with Crippen molar-refractivity contribution < 1.29 is 14.3 Å². The fourth-order valence-electron chi connectivity index (χ4n) is 3.91. The van der Waals surface area contributed by atoms with E-state index in [0.717, 1.165) is 27.6 Å². The number of alkyl carbamates (subject to hydrolysis) is 1. The van der Waals surface area contributed by atoms with E-state index in [9.17, 15) is 9.59 Å². The number of amides is 2. The van der Waals surface area contributed by atoms with Gasteiger partial charge < -0.3 is 20.4 Å². The number of hydrogen-bond acceptors (Lipinski definition) is 3. The predicted molar refractivity (Wildman–Crippen MR) is 133 cm³/mol. The molecule has 6 heteroatoms. The minimum absolute atomic E-state index is 0.138. The van der Waals surface area contributed by atoms with Crippen LogP contribution in [0.1, 0.15) is 29.5 Å². The molecule has 4 aromatic rings. The van der Waals surface area contributed by atoms with Gasteiger partial charge in [0.2, 0.25) is 5.91 Å². The first-order valence-corrected chi connectivity index (χ1v) is 11.4. The van der Waals surface area contributed by atoms with E-state index < -0.39 is 12.1 Å². The summed E-state index contributed by atoms with van der Waals surface area (Å²) in [7, 11) is 0. The minimum Gasteiger partial charge on any atom is -0.445 e. The summed E-state index contributed by atoms with van der Waals surface area (Å²) >= 11 is 0. The second kappa shape index (κ2) is 11.2. The van der Waals surface area contributed by atoms with Crippen molar-refractivity contribution in [1.82, 2.24) is 15.6 Å². The summed E-state index contributed by atoms with van der Waals surface area (Å²) in [6, 6.07) is 26.6. The molecule has 3 N–H and O–H groups in total. The number of benzene rings is 3. The topological polar surface area (TPSA) is 83.2 Å². The molecule has 34 heavy (non-hydrogen) atoms. The lowest BCUT2D eigenvalue weighted by Gasteiger charge is -2.20. The molecule has 0 spiro atoms. The Morgan fingerprint density at radius 2 is 1.59 bits per heavy atom. The van der Waals surface area contributed by atoms with E-state index in [1.54, 1.807) is 0 Å². The van der Waals surface area contributed by atoms with Crippen LogP contribution in [0.4, 0.5) is 4.79 Å². The molecule has 0 aliphatic rings. The van der Waals surface area contributed by atoms with Crippen molar-refractivity contribution >= 4 is 22.9 Å². The summed E-state index contributed by atoms with van der Waals surface area (Å²) in [6.45, 7) is 2.67. The molecule has 174 valence electrons. The summed E-state index contributed by atoms with van der Waals surface area (Å²) in [5.41, 5.74) is 3.97. The molecular formula is C28H29N3O3. The standard InChI is InChI=1S/C28H29N3O3/c1-20(22-12-6-3-7-13-22)17-30-27(32)26(16-23-18-29-25-15-9-8-14-24(23)25)31-28(33)34-19-21-10-4-2-5-11-21/h2-15,18,20,26,29H,16-17,19H2,1H3,(H,30,32)(H,31,33)/t20-,26+/m1/s1. The zero-order valence-corrected chi connectivity index (χ0v) is 19.2. The number of rotatable bonds is 9. The summed E-state index contributed by atoms with van der Waals surface area (Å²) in [5.74, 6) is -0.103. The number of para-hydroxylation sites is 1. The molecule has 0 fully saturated rings. The molecule has 0 saturated carbocycles. The fourth-order valence-corrected chi connectivity index (χ4v) is 3.91. The first-order valence-electron chi connectivity index (χ1n) is 11.4. The van der Waals surface area contributed by atoms with E-state index in [0.29, 0.717) is 13.0 Å². The number of nitrogens with one attached hydrogen (secondary N) is 3. The summed E-state index contributed by atoms with van der Waals surface area (Å²) in [4.78, 5) is 28.9. The zero-order valence-electron chi connectivity index (χ0n) is 19.2. The Hall–Kier alpha value is -4.06. The highest BCUT2D eigenvalue weighted by Gasteiger charge is 2.24. The molecule has 0 aliphatic heterocycles. The minimum atomic E-state index is -0.773. The second-order valence-electron chi connectivity index (χ2n) is 8.38. The quantitative estimate of drug-likeness (QED) is 0.335. The fraction of sp³-hybridized carbons (Fsp3) is 0.214. The molecule has 0 radical (unpaired) electrons. The number of H-pyrrole nitrogens is 1. The van der Waals surface area contributed by atoms with Gasteiger partial charge in [-0.15, -0.1) is 0 Å². The van der Waals surface area contributed by atoms with Gasteiger partial charge in [0.25, 0.3) is 0 Å². The maximum Gasteiger partial charge on any atom is 0.408 e. The van der Waals surface area contributed by atoms with Gasteiger partial charge in [0, 0.05) is 30.1 Å². The average molecular weight is 456 g/mol. The van der Waals surface area contributed by atoms with Gasteiger partial charge in [-0.05, 0) is 28.7 Å². The van der Waals surface area contributed by atoms with E-state index in [2.05, 4.69) is 22.5 Å². The molecule has 0 saturated heterocycles. The molecule has 2 atom stereocenters. The van der Waals surface area contributed by atoms with Crippen molar-refractivity contribution in [3.05, 3.63) is 108 Å². The van der Waals surface area contributed by atoms with E-state index in [-0.39, 0.29) is 18.4 Å². The van der Waals surface area contributed by atoms with Gasteiger partial charge >= 0.3 is 6.09 Å². The van der Waals surface area contributed by atoms with Crippen molar-refractivity contribution in [1.29, 1.82) is 0 Å². The molecule has 3 aromatic carbocycles. The normalized spacial score (nSPS) is 12.6. The van der Waals surface area contributed by atoms with Gasteiger partial charge in [-0.2, -0.15) is 0 Å². The van der Waals surface area contributed by atoms with Crippen LogP contribution < -0.4 is 10.6 Å². The lowest BCUT2D eigenvalue weighted by Crippen LogP contribution is -2.48. The molecule has 4 rings (SSSR count). The Balaban J connectivity index is 1.43. The van der Waals surface area contributed by atoms with Gasteiger partial charge in [0.15, 0.2) is 0 Å². The van der Waals surface area contributed by atoms with E-state index in [4.69, 9.17) is 4.74 Å². The van der Waals surface area contributed by atoms with Gasteiger partial charge in [0.1, 0.15) is 12.6 Å². The maximum atomic E-state index is 13.2. The van der Waals surface area contributed by atoms with E-state index in [1.807, 2.05) is 91.1 Å². The molecule has 1 heterocycles. The van der Waals surface area contributed by atoms with Crippen LogP contribution in [-0.4, -0.2) is 29.6 Å². The van der Waals surface area contributed by atoms with Crippen LogP contribution in [0, 0.1) is 0 Å². The van der Waals surface area contributed by atoms with Gasteiger partial charge in [-0.25, -0.2) is 4.79 Å². The molecular weight excluding hydrogens is 426 g/mol. The number of aromatic nitrogens is 1. The Bertz CT molecular complexity index is 1220. The van der Waals surface area contributed by atoms with Gasteiger partial charge in [-0.3, -0.25) is 4.79 Å². The Morgan fingerprint density at radius 3 is 2.35 bits per heavy atom. The molecule has 6 nitrogen and oxygen atoms in total. The van der Waals surface area contributed by atoms with Crippen LogP contribution in [0.2, 0.25) is 0 Å². The summed E-state index contributed by atoms with van der Waals surface area (Å²) < 4.78 is 5.37. The summed E-state index contributed by atoms with van der Waals surface area (Å²) in [6.07, 6.45) is 1.60. The highest BCUT2D eigenvalue weighted by atomic mass is 16.5. The Kier molecular flexibility index (Phi) is 7.60. The maximum absolute atomic E-state index is 13.2. The van der Waals surface area contributed by atoms with Crippen LogP contribution in [-0.2, 0) is 22.6 Å². The molecule has 0 aliphatic carbocycles. The second-order valence-corrected chi connectivity index (χ2v) is 8.38. The number of carbonyl (C=O) groups is 2. The Morgan fingerprint density at radius 1 is 0.912 bits per heavy atom. The number of carbonyl (C=O) groups excluding carboxylic acids is 2. The van der Waals surface area contributed by atoms with E-state index in [1.165, 1.54) is 0 Å². The smallest absolute Gasteiger partial charge is 0.408 e. The molecule has 1 aromatic heterocycles. The number of fused-ring (bicyclic) bond motifs is 1. The van der Waals surface area contributed by atoms with Crippen LogP contribution in [0.5, 0.6) is 0 Å². The van der Waals surface area contributed by atoms with Crippen LogP contribution in [0.25, 0.3) is 10.9 Å². The van der Waals surface area contributed by atoms with Crippen molar-refractivity contribution in [2.24, 2.45) is 0 Å². The highest BCUT2D eigenvalue weighted by molar-refractivity contribution is 5.88. The lowest BCUT2D eigenvalue weighted by molar-refractivity contribution is -0.123. The van der Waals surface area contributed by atoms with Crippen LogP contribution >= 0.6 is 0 Å². The molecule has 2 amide bonds. The monoisotopic (exact) mass is 455 g/mol. The molecule has 0 unspecified atom stereocenters. The third-order valence-electron chi connectivity index (χ3n) is 5.87. The summed E-state index contributed by atoms with van der Waals surface area (Å²) in [5, 5.41) is 6.79. The largest absolute Gasteiger partial charge is 0.445 e. The SMILES string of the molecule is C[C@H](CNC(=O)[C@H](Cc1c[nH]c2ccccc12)NC(=O)OCc1ccccc1)c1ccccc1. The molecule has 0 bridgehead atoms. The number of ether oxygens (including phenoxy) is 1. The predicted octanol–water partition coefficient (Wildman–Crippen LogP) is 4.93. The third-order valence-corrected chi connectivity index (χ3v) is 5.87. The lowest BCUT2D eigenvalue weighted by atomic mass is 10.0. The Labute approximate surface area is 199 Å². The highest BCUT2D eigenvalue weighted by Crippen LogP contribution is 2.19. The average Bonchev–Trinajstić information content (AvgIpc) is 3.29. The van der Waals surface area contributed by atoms with E-state index >= 15 is 0 Å². The van der Waals surface area contributed by atoms with Crippen molar-refractivity contribution in [3.8, 4) is 0 Å². The number of aromatic amines is 1. The van der Waals surface area contributed by atoms with Crippen molar-refractivity contribution in [2.45, 2.75) is 31.9 Å². The third kappa shape index (κ3) is 6.04. The van der Waals surface area contributed by atoms with Crippen molar-refractivity contribution in [2.75, 3.05) is 6.54 Å². The first kappa shape index (κ1) is 23.1. The van der Waals surface area contributed by atoms with Gasteiger partial charge in [0.05, 0.1) is 0 Å². The van der Waals surface area contributed by atoms with Gasteiger partial charge in [-0.1, -0.05) is 85.8 Å². The van der Waals surface area contributed by atoms with Crippen LogP contribution in [0.15, 0.2) is 91.1 Å². The van der Waals surface area contributed by atoms with Crippen LogP contribution in [0.3, 0.4) is 0 Å². The van der Waals surface area contributed by atoms with Crippen molar-refractivity contribution in [3.63, 3.8) is 0 Å². The zero-order chi connectivity index (χ0) is 23.8.